The van der Waals surface area contributed by atoms with Crippen molar-refractivity contribution in [1.82, 2.24) is 50.3 Å². The molecule has 17 nitrogen and oxygen atoms in total. The SMILES string of the molecule is COC(=O)N[C@H](C(=O)N1CCC[C@H]1c1nc2c(ccc3nc(-c4ccc5c(c4)ncc4[nH]c([C@@H]6CCCN6C(=O)[C@@H](NC(=O)O)C(C)C)nc45)oc32)[nH]1)C(C)C. The number of pyridine rings is 1. The molecule has 292 valence electrons. The molecule has 4 atom stereocenters. The highest BCUT2D eigenvalue weighted by molar-refractivity contribution is 6.04. The molecular formula is C39H44N10O7. The normalized spacial score (nSPS) is 18.5. The van der Waals surface area contributed by atoms with Crippen molar-refractivity contribution < 1.29 is 33.4 Å². The number of methoxy groups -OCH3 is 1. The number of nitrogens with zero attached hydrogens (tertiary/aromatic N) is 6. The lowest BCUT2D eigenvalue weighted by atomic mass is 10.0. The number of rotatable bonds is 9. The van der Waals surface area contributed by atoms with Gasteiger partial charge in [0.1, 0.15) is 34.8 Å². The van der Waals surface area contributed by atoms with Crippen molar-refractivity contribution in [2.75, 3.05) is 20.2 Å². The first-order chi connectivity index (χ1) is 26.9. The van der Waals surface area contributed by atoms with Crippen LogP contribution in [0.4, 0.5) is 9.59 Å². The number of fused-ring (bicyclic) bond motifs is 6. The van der Waals surface area contributed by atoms with Crippen LogP contribution in [0.1, 0.15) is 77.1 Å². The number of hydrogen-bond acceptors (Lipinski definition) is 10. The number of ether oxygens (including phenoxy) is 1. The maximum Gasteiger partial charge on any atom is 0.407 e. The van der Waals surface area contributed by atoms with Gasteiger partial charge in [-0.1, -0.05) is 27.7 Å². The summed E-state index contributed by atoms with van der Waals surface area (Å²) >= 11 is 0. The van der Waals surface area contributed by atoms with Gasteiger partial charge in [0.15, 0.2) is 5.58 Å². The lowest BCUT2D eigenvalue weighted by molar-refractivity contribution is -0.136. The van der Waals surface area contributed by atoms with Crippen LogP contribution < -0.4 is 10.6 Å². The molecule has 0 aliphatic carbocycles. The summed E-state index contributed by atoms with van der Waals surface area (Å²) in [5, 5.41) is 15.2. The van der Waals surface area contributed by atoms with E-state index in [1.54, 1.807) is 16.0 Å². The van der Waals surface area contributed by atoms with E-state index in [0.29, 0.717) is 76.7 Å². The van der Waals surface area contributed by atoms with E-state index in [1.807, 2.05) is 58.0 Å². The molecule has 2 saturated heterocycles. The van der Waals surface area contributed by atoms with Gasteiger partial charge in [-0.15, -0.1) is 0 Å². The van der Waals surface area contributed by atoms with Crippen LogP contribution in [0.3, 0.4) is 0 Å². The second-order valence-electron chi connectivity index (χ2n) is 15.2. The van der Waals surface area contributed by atoms with Gasteiger partial charge in [-0.3, -0.25) is 14.6 Å². The number of H-pyrrole nitrogens is 2. The van der Waals surface area contributed by atoms with E-state index in [4.69, 9.17) is 29.1 Å². The molecule has 2 aliphatic heterocycles. The smallest absolute Gasteiger partial charge is 0.407 e. The zero-order chi connectivity index (χ0) is 39.4. The Bertz CT molecular complexity index is 2500. The van der Waals surface area contributed by atoms with E-state index in [2.05, 4.69) is 20.6 Å². The van der Waals surface area contributed by atoms with Gasteiger partial charge in [-0.25, -0.2) is 24.5 Å². The van der Waals surface area contributed by atoms with Gasteiger partial charge < -0.3 is 44.7 Å². The maximum atomic E-state index is 13.7. The molecule has 2 aliphatic rings. The van der Waals surface area contributed by atoms with Crippen molar-refractivity contribution in [1.29, 1.82) is 0 Å². The molecule has 2 aromatic carbocycles. The number of alkyl carbamates (subject to hydrolysis) is 1. The number of aromatic nitrogens is 6. The third kappa shape index (κ3) is 6.49. The monoisotopic (exact) mass is 764 g/mol. The minimum absolute atomic E-state index is 0.146. The standard InChI is InChI=1S/C39H44N10O7/c1-18(2)28(46-38(52)53)36(50)48-14-7-9-27(48)34-42-25-17-40-24-16-20(10-11-21(24)30(25)44-34)35-43-23-13-12-22-31(32(23)56-35)45-33(41-22)26-8-6-15-49(26)37(51)29(19(3)4)47-39(54)55-5/h10-13,16-19,26-29,46H,6-9,14-15H2,1-5H3,(H,41,45)(H,42,44)(H,47,54)(H,52,53)/t26-,27-,28-,29-/m0/s1. The number of amides is 4. The summed E-state index contributed by atoms with van der Waals surface area (Å²) in [6.45, 7) is 8.45. The average molecular weight is 765 g/mol. The number of imidazole rings is 2. The minimum Gasteiger partial charge on any atom is -0.465 e. The fourth-order valence-electron chi connectivity index (χ4n) is 8.06. The van der Waals surface area contributed by atoms with E-state index in [1.165, 1.54) is 7.11 Å². The predicted molar refractivity (Wildman–Crippen MR) is 205 cm³/mol. The number of oxazole rings is 1. The third-order valence-corrected chi connectivity index (χ3v) is 10.9. The van der Waals surface area contributed by atoms with E-state index >= 15 is 0 Å². The summed E-state index contributed by atoms with van der Waals surface area (Å²) in [5.74, 6) is 0.845. The minimum atomic E-state index is -1.23. The summed E-state index contributed by atoms with van der Waals surface area (Å²) in [5.41, 5.74) is 5.32. The van der Waals surface area contributed by atoms with Crippen molar-refractivity contribution in [2.45, 2.75) is 77.5 Å². The van der Waals surface area contributed by atoms with E-state index in [9.17, 15) is 24.3 Å². The molecule has 8 rings (SSSR count). The Labute approximate surface area is 320 Å². The highest BCUT2D eigenvalue weighted by Gasteiger charge is 2.39. The Balaban J connectivity index is 1.07. The fourth-order valence-corrected chi connectivity index (χ4v) is 8.06. The summed E-state index contributed by atoms with van der Waals surface area (Å²) in [4.78, 5) is 80.3. The molecule has 4 amide bonds. The summed E-state index contributed by atoms with van der Waals surface area (Å²) in [7, 11) is 1.27. The summed E-state index contributed by atoms with van der Waals surface area (Å²) < 4.78 is 11.1. The number of nitrogens with one attached hydrogen (secondary N) is 4. The molecule has 0 radical (unpaired) electrons. The Morgan fingerprint density at radius 3 is 2.07 bits per heavy atom. The largest absolute Gasteiger partial charge is 0.465 e. The maximum absolute atomic E-state index is 13.7. The van der Waals surface area contributed by atoms with E-state index in [-0.39, 0.29) is 35.7 Å². The molecule has 0 spiro atoms. The first-order valence-corrected chi connectivity index (χ1v) is 18.9. The third-order valence-electron chi connectivity index (χ3n) is 10.9. The van der Waals surface area contributed by atoms with Crippen molar-refractivity contribution in [2.24, 2.45) is 11.8 Å². The Hall–Kier alpha value is -6.26. The number of carbonyl (C=O) groups is 4. The number of aromatic amines is 2. The van der Waals surface area contributed by atoms with Crippen molar-refractivity contribution in [3.63, 3.8) is 0 Å². The molecule has 6 heterocycles. The second kappa shape index (κ2) is 14.4. The molecule has 5 N–H and O–H groups in total. The lowest BCUT2D eigenvalue weighted by Gasteiger charge is -2.29. The Morgan fingerprint density at radius 2 is 1.45 bits per heavy atom. The Kier molecular flexibility index (Phi) is 9.46. The van der Waals surface area contributed by atoms with Gasteiger partial charge in [0.05, 0.1) is 47.5 Å². The first-order valence-electron chi connectivity index (χ1n) is 18.9. The lowest BCUT2D eigenvalue weighted by Crippen LogP contribution is -2.51. The molecule has 0 bridgehead atoms. The van der Waals surface area contributed by atoms with Crippen molar-refractivity contribution >= 4 is 68.1 Å². The number of carbonyl (C=O) groups excluding carboxylic acids is 3. The molecule has 56 heavy (non-hydrogen) atoms. The van der Waals surface area contributed by atoms with Gasteiger partial charge in [0.25, 0.3) is 0 Å². The van der Waals surface area contributed by atoms with Gasteiger partial charge in [-0.05, 0) is 67.9 Å². The van der Waals surface area contributed by atoms with Gasteiger partial charge in [0, 0.05) is 24.0 Å². The van der Waals surface area contributed by atoms with E-state index in [0.717, 1.165) is 29.3 Å². The quantitative estimate of drug-likeness (QED) is 0.118. The van der Waals surface area contributed by atoms with Crippen LogP contribution in [0, 0.1) is 11.8 Å². The molecule has 17 heteroatoms. The number of likely N-dealkylation sites (tertiary alicyclic amines) is 2. The average Bonchev–Trinajstić information content (AvgIpc) is 4.02. The van der Waals surface area contributed by atoms with Crippen LogP contribution in [0.5, 0.6) is 0 Å². The Morgan fingerprint density at radius 1 is 0.821 bits per heavy atom. The fraction of sp³-hybridized carbons (Fsp3) is 0.436. The molecule has 2 fully saturated rings. The van der Waals surface area contributed by atoms with Crippen molar-refractivity contribution in [3.8, 4) is 11.5 Å². The highest BCUT2D eigenvalue weighted by atomic mass is 16.5. The van der Waals surface area contributed by atoms with Crippen molar-refractivity contribution in [3.05, 3.63) is 48.2 Å². The molecule has 0 unspecified atom stereocenters. The number of carboxylic acid groups (broad SMARTS) is 1. The predicted octanol–water partition coefficient (Wildman–Crippen LogP) is 5.80. The first kappa shape index (κ1) is 36.7. The van der Waals surface area contributed by atoms with Gasteiger partial charge in [0.2, 0.25) is 17.7 Å². The zero-order valence-electron chi connectivity index (χ0n) is 31.8. The van der Waals surface area contributed by atoms with Crippen LogP contribution in [-0.2, 0) is 14.3 Å². The molecule has 0 saturated carbocycles. The molecular weight excluding hydrogens is 720 g/mol. The molecule has 6 aromatic rings. The van der Waals surface area contributed by atoms with Gasteiger partial charge >= 0.3 is 12.2 Å². The second-order valence-corrected chi connectivity index (χ2v) is 15.2. The highest BCUT2D eigenvalue weighted by Crippen LogP contribution is 2.37. The van der Waals surface area contributed by atoms with Crippen LogP contribution in [0.15, 0.2) is 40.9 Å². The van der Waals surface area contributed by atoms with Gasteiger partial charge in [-0.2, -0.15) is 0 Å². The number of benzene rings is 2. The van der Waals surface area contributed by atoms with Crippen LogP contribution in [0.2, 0.25) is 0 Å². The number of hydrogen-bond donors (Lipinski definition) is 5. The topological polar surface area (TPSA) is 225 Å². The summed E-state index contributed by atoms with van der Waals surface area (Å²) in [6, 6.07) is 7.27. The zero-order valence-corrected chi connectivity index (χ0v) is 31.8. The van der Waals surface area contributed by atoms with E-state index < -0.39 is 24.3 Å². The molecule has 4 aromatic heterocycles. The van der Waals surface area contributed by atoms with Crippen LogP contribution >= 0.6 is 0 Å². The summed E-state index contributed by atoms with van der Waals surface area (Å²) in [6.07, 6.45) is 2.82. The van der Waals surface area contributed by atoms with Crippen LogP contribution in [0.25, 0.3) is 55.5 Å². The van der Waals surface area contributed by atoms with Crippen LogP contribution in [-0.4, -0.2) is 101 Å².